The molecule has 1 aromatic carbocycles. The van der Waals surface area contributed by atoms with Crippen LogP contribution in [0.2, 0.25) is 0 Å². The molecule has 6 heteroatoms. The Kier molecular flexibility index (Phi) is 4.17. The van der Waals surface area contributed by atoms with Crippen molar-refractivity contribution >= 4 is 23.0 Å². The second kappa shape index (κ2) is 6.29. The molecule has 2 saturated heterocycles. The molecule has 2 aliphatic heterocycles. The van der Waals surface area contributed by atoms with Crippen LogP contribution in [-0.4, -0.2) is 53.6 Å². The maximum absolute atomic E-state index is 12.7. The van der Waals surface area contributed by atoms with Gasteiger partial charge in [-0.1, -0.05) is 6.07 Å². The zero-order valence-electron chi connectivity index (χ0n) is 16.2. The summed E-state index contributed by atoms with van der Waals surface area (Å²) in [4.78, 5) is 28.6. The number of hydrogen-bond acceptors (Lipinski definition) is 4. The molecule has 1 spiro atoms. The first kappa shape index (κ1) is 17.9. The van der Waals surface area contributed by atoms with Gasteiger partial charge < -0.3 is 19.0 Å². The topological polar surface area (TPSA) is 63.0 Å². The zero-order valence-corrected chi connectivity index (χ0v) is 16.2. The number of nitrogens with zero attached hydrogens (tertiary/aromatic N) is 2. The Labute approximate surface area is 159 Å². The van der Waals surface area contributed by atoms with E-state index in [1.54, 1.807) is 11.2 Å². The van der Waals surface area contributed by atoms with Crippen LogP contribution in [0, 0.1) is 5.41 Å². The van der Waals surface area contributed by atoms with Gasteiger partial charge in [0.15, 0.2) is 0 Å². The van der Waals surface area contributed by atoms with E-state index in [0.29, 0.717) is 18.7 Å². The Morgan fingerprint density at radius 2 is 1.78 bits per heavy atom. The van der Waals surface area contributed by atoms with E-state index in [2.05, 4.69) is 0 Å². The fraction of sp³-hybridized carbons (Fsp3) is 0.524. The lowest BCUT2D eigenvalue weighted by molar-refractivity contribution is -0.0394. The summed E-state index contributed by atoms with van der Waals surface area (Å²) in [7, 11) is 0. The second-order valence-corrected chi connectivity index (χ2v) is 8.80. The van der Waals surface area contributed by atoms with E-state index in [0.717, 1.165) is 36.9 Å². The first-order valence-electron chi connectivity index (χ1n) is 9.49. The van der Waals surface area contributed by atoms with Gasteiger partial charge in [0, 0.05) is 42.5 Å². The van der Waals surface area contributed by atoms with Gasteiger partial charge in [-0.05, 0) is 51.8 Å². The number of ether oxygens (including phenoxy) is 1. The van der Waals surface area contributed by atoms with Crippen LogP contribution >= 0.6 is 0 Å². The highest BCUT2D eigenvalue weighted by Gasteiger charge is 2.47. The van der Waals surface area contributed by atoms with Crippen molar-refractivity contribution in [2.75, 3.05) is 26.2 Å². The summed E-state index contributed by atoms with van der Waals surface area (Å²) in [5, 5.41) is 1.00. The van der Waals surface area contributed by atoms with Crippen LogP contribution < -0.4 is 0 Å². The highest BCUT2D eigenvalue weighted by molar-refractivity contribution is 5.98. The number of piperidine rings is 1. The largest absolute Gasteiger partial charge is 0.464 e. The predicted octanol–water partition coefficient (Wildman–Crippen LogP) is 3.91. The van der Waals surface area contributed by atoms with Crippen molar-refractivity contribution in [1.82, 2.24) is 9.80 Å². The molecule has 1 aromatic heterocycles. The lowest BCUT2D eigenvalue weighted by Crippen LogP contribution is -2.62. The van der Waals surface area contributed by atoms with Gasteiger partial charge in [-0.3, -0.25) is 4.79 Å². The molecule has 6 nitrogen and oxygen atoms in total. The van der Waals surface area contributed by atoms with Crippen molar-refractivity contribution in [3.63, 3.8) is 0 Å². The highest BCUT2D eigenvalue weighted by Crippen LogP contribution is 2.41. The molecule has 3 heterocycles. The van der Waals surface area contributed by atoms with E-state index in [9.17, 15) is 9.59 Å². The standard InChI is InChI=1S/C21H26N2O4/c1-20(2,3)27-19(25)22-9-7-21(8-10-22)13-23(14-21)18(24)16-5-4-15-6-11-26-17(15)12-16/h4-6,11-12H,7-10,13-14H2,1-3H3. The SMILES string of the molecule is CC(C)(C)OC(=O)N1CCC2(CC1)CN(C(=O)c1ccc3ccoc3c1)C2. The zero-order chi connectivity index (χ0) is 19.2. The molecule has 0 aliphatic carbocycles. The first-order chi connectivity index (χ1) is 12.7. The number of rotatable bonds is 1. The minimum atomic E-state index is -0.471. The van der Waals surface area contributed by atoms with Crippen LogP contribution in [0.5, 0.6) is 0 Å². The molecule has 0 N–H and O–H groups in total. The number of benzene rings is 1. The summed E-state index contributed by atoms with van der Waals surface area (Å²) in [6.07, 6.45) is 3.22. The van der Waals surface area contributed by atoms with Crippen molar-refractivity contribution < 1.29 is 18.7 Å². The van der Waals surface area contributed by atoms with E-state index in [-0.39, 0.29) is 17.4 Å². The third kappa shape index (κ3) is 3.53. The predicted molar refractivity (Wildman–Crippen MR) is 102 cm³/mol. The van der Waals surface area contributed by atoms with Crippen LogP contribution in [0.3, 0.4) is 0 Å². The lowest BCUT2D eigenvalue weighted by atomic mass is 9.72. The molecule has 4 rings (SSSR count). The molecule has 0 saturated carbocycles. The van der Waals surface area contributed by atoms with E-state index in [4.69, 9.17) is 9.15 Å². The Bertz CT molecular complexity index is 864. The second-order valence-electron chi connectivity index (χ2n) is 8.80. The molecule has 2 amide bonds. The van der Waals surface area contributed by atoms with Gasteiger partial charge >= 0.3 is 6.09 Å². The average Bonchev–Trinajstić information content (AvgIpc) is 3.05. The van der Waals surface area contributed by atoms with Gasteiger partial charge in [0.05, 0.1) is 6.26 Å². The maximum atomic E-state index is 12.7. The van der Waals surface area contributed by atoms with Crippen LogP contribution in [0.1, 0.15) is 44.0 Å². The molecule has 2 aromatic rings. The number of hydrogen-bond donors (Lipinski definition) is 0. The first-order valence-corrected chi connectivity index (χ1v) is 9.49. The van der Waals surface area contributed by atoms with Gasteiger partial charge in [-0.2, -0.15) is 0 Å². The Hall–Kier alpha value is -2.50. The monoisotopic (exact) mass is 370 g/mol. The summed E-state index contributed by atoms with van der Waals surface area (Å²) >= 11 is 0. The van der Waals surface area contributed by atoms with Crippen LogP contribution in [0.15, 0.2) is 34.9 Å². The summed E-state index contributed by atoms with van der Waals surface area (Å²) in [6, 6.07) is 7.48. The molecular formula is C21H26N2O4. The fourth-order valence-corrected chi connectivity index (χ4v) is 3.98. The third-order valence-electron chi connectivity index (χ3n) is 5.52. The summed E-state index contributed by atoms with van der Waals surface area (Å²) in [5.74, 6) is 0.0495. The van der Waals surface area contributed by atoms with Crippen molar-refractivity contribution in [1.29, 1.82) is 0 Å². The molecule has 27 heavy (non-hydrogen) atoms. The van der Waals surface area contributed by atoms with Crippen molar-refractivity contribution in [2.45, 2.75) is 39.2 Å². The van der Waals surface area contributed by atoms with Gasteiger partial charge in [0.2, 0.25) is 0 Å². The minimum Gasteiger partial charge on any atom is -0.464 e. The number of carbonyl (C=O) groups excluding carboxylic acids is 2. The molecule has 2 aliphatic rings. The molecule has 0 atom stereocenters. The highest BCUT2D eigenvalue weighted by atomic mass is 16.6. The average molecular weight is 370 g/mol. The van der Waals surface area contributed by atoms with E-state index in [1.807, 2.05) is 49.9 Å². The summed E-state index contributed by atoms with van der Waals surface area (Å²) in [6.45, 7) is 8.53. The quantitative estimate of drug-likeness (QED) is 0.764. The molecule has 2 fully saturated rings. The Balaban J connectivity index is 1.33. The molecule has 0 unspecified atom stereocenters. The molecule has 144 valence electrons. The smallest absolute Gasteiger partial charge is 0.410 e. The third-order valence-corrected chi connectivity index (χ3v) is 5.52. The fourth-order valence-electron chi connectivity index (χ4n) is 3.98. The van der Waals surface area contributed by atoms with Gasteiger partial charge in [-0.25, -0.2) is 4.79 Å². The number of likely N-dealkylation sites (tertiary alicyclic amines) is 2. The van der Waals surface area contributed by atoms with Gasteiger partial charge in [-0.15, -0.1) is 0 Å². The molecule has 0 radical (unpaired) electrons. The number of carbonyl (C=O) groups is 2. The maximum Gasteiger partial charge on any atom is 0.410 e. The van der Waals surface area contributed by atoms with Crippen molar-refractivity contribution in [2.24, 2.45) is 5.41 Å². The van der Waals surface area contributed by atoms with Gasteiger partial charge in [0.25, 0.3) is 5.91 Å². The number of furan rings is 1. The minimum absolute atomic E-state index is 0.0495. The summed E-state index contributed by atoms with van der Waals surface area (Å²) in [5.41, 5.74) is 1.07. The van der Waals surface area contributed by atoms with Crippen LogP contribution in [0.25, 0.3) is 11.0 Å². The number of amides is 2. The Morgan fingerprint density at radius 3 is 2.44 bits per heavy atom. The van der Waals surface area contributed by atoms with Crippen LogP contribution in [0.4, 0.5) is 4.79 Å². The lowest BCUT2D eigenvalue weighted by Gasteiger charge is -2.53. The van der Waals surface area contributed by atoms with E-state index in [1.165, 1.54) is 0 Å². The molecular weight excluding hydrogens is 344 g/mol. The van der Waals surface area contributed by atoms with E-state index >= 15 is 0 Å². The number of fused-ring (bicyclic) bond motifs is 1. The van der Waals surface area contributed by atoms with Crippen molar-refractivity contribution in [3.05, 3.63) is 36.1 Å². The van der Waals surface area contributed by atoms with E-state index < -0.39 is 5.60 Å². The summed E-state index contributed by atoms with van der Waals surface area (Å²) < 4.78 is 10.9. The Morgan fingerprint density at radius 1 is 1.07 bits per heavy atom. The molecule has 0 bridgehead atoms. The normalized spacial score (nSPS) is 19.2. The van der Waals surface area contributed by atoms with Crippen molar-refractivity contribution in [3.8, 4) is 0 Å². The van der Waals surface area contributed by atoms with Crippen LogP contribution in [-0.2, 0) is 4.74 Å². The van der Waals surface area contributed by atoms with Gasteiger partial charge in [0.1, 0.15) is 11.2 Å².